The Labute approximate surface area is 87.8 Å². The Morgan fingerprint density at radius 1 is 1.50 bits per heavy atom. The van der Waals surface area contributed by atoms with Gasteiger partial charge in [-0.3, -0.25) is 0 Å². The van der Waals surface area contributed by atoms with Gasteiger partial charge in [-0.2, -0.15) is 0 Å². The van der Waals surface area contributed by atoms with E-state index in [9.17, 15) is 4.79 Å². The van der Waals surface area contributed by atoms with Crippen LogP contribution in [-0.4, -0.2) is 5.43 Å². The van der Waals surface area contributed by atoms with Crippen molar-refractivity contribution in [2.24, 2.45) is 0 Å². The van der Waals surface area contributed by atoms with Crippen LogP contribution in [0.5, 0.6) is 0 Å². The lowest BCUT2D eigenvalue weighted by atomic mass is 10.1. The van der Waals surface area contributed by atoms with Crippen molar-refractivity contribution in [1.29, 1.82) is 0 Å². The van der Waals surface area contributed by atoms with E-state index in [1.54, 1.807) is 0 Å². The molecule has 0 amide bonds. The first-order valence-electron chi connectivity index (χ1n) is 4.08. The number of terminal acetylenes is 1. The van der Waals surface area contributed by atoms with Gasteiger partial charge in [-0.25, -0.2) is 4.79 Å². The zero-order valence-electron chi connectivity index (χ0n) is 7.44. The SMILES string of the molecule is C#CCC(OC(=O)Cl)c1ccccc1. The highest BCUT2D eigenvalue weighted by atomic mass is 35.5. The van der Waals surface area contributed by atoms with Gasteiger partial charge in [0.15, 0.2) is 0 Å². The van der Waals surface area contributed by atoms with Crippen LogP contribution in [0.4, 0.5) is 4.79 Å². The van der Waals surface area contributed by atoms with Crippen molar-refractivity contribution >= 4 is 17.0 Å². The molecule has 0 radical (unpaired) electrons. The van der Waals surface area contributed by atoms with Crippen molar-refractivity contribution in [2.45, 2.75) is 12.5 Å². The summed E-state index contributed by atoms with van der Waals surface area (Å²) in [5, 5.41) is 0. The third-order valence-electron chi connectivity index (χ3n) is 1.71. The van der Waals surface area contributed by atoms with Gasteiger partial charge in [0, 0.05) is 11.6 Å². The van der Waals surface area contributed by atoms with Gasteiger partial charge >= 0.3 is 5.43 Å². The molecule has 0 aliphatic rings. The monoisotopic (exact) mass is 208 g/mol. The molecule has 1 aromatic carbocycles. The molecular weight excluding hydrogens is 200 g/mol. The Morgan fingerprint density at radius 3 is 2.64 bits per heavy atom. The van der Waals surface area contributed by atoms with Crippen molar-refractivity contribution in [3.63, 3.8) is 0 Å². The van der Waals surface area contributed by atoms with E-state index in [1.165, 1.54) is 0 Å². The molecule has 1 rings (SSSR count). The fourth-order valence-electron chi connectivity index (χ4n) is 1.11. The molecule has 0 saturated heterocycles. The average molecular weight is 209 g/mol. The molecule has 0 N–H and O–H groups in total. The first kappa shape index (κ1) is 10.6. The quantitative estimate of drug-likeness (QED) is 0.564. The van der Waals surface area contributed by atoms with E-state index < -0.39 is 11.5 Å². The van der Waals surface area contributed by atoms with Crippen LogP contribution in [0.1, 0.15) is 18.1 Å². The predicted octanol–water partition coefficient (Wildman–Crippen LogP) is 3.13. The van der Waals surface area contributed by atoms with Gasteiger partial charge in [-0.05, 0) is 5.56 Å². The Bertz CT molecular complexity index is 340. The van der Waals surface area contributed by atoms with Crippen LogP contribution in [0.2, 0.25) is 0 Å². The lowest BCUT2D eigenvalue weighted by Gasteiger charge is -2.13. The second-order valence-electron chi connectivity index (χ2n) is 2.66. The number of ether oxygens (including phenoxy) is 1. The smallest absolute Gasteiger partial charge is 0.404 e. The molecule has 1 aromatic rings. The van der Waals surface area contributed by atoms with Gasteiger partial charge < -0.3 is 4.74 Å². The van der Waals surface area contributed by atoms with E-state index in [4.69, 9.17) is 22.8 Å². The number of carbonyl (C=O) groups excluding carboxylic acids is 1. The van der Waals surface area contributed by atoms with E-state index in [-0.39, 0.29) is 0 Å². The molecule has 2 nitrogen and oxygen atoms in total. The number of hydrogen-bond acceptors (Lipinski definition) is 2. The van der Waals surface area contributed by atoms with Crippen LogP contribution < -0.4 is 0 Å². The molecule has 0 heterocycles. The first-order valence-corrected chi connectivity index (χ1v) is 4.46. The standard InChI is InChI=1S/C11H9ClO2/c1-2-6-10(14-11(12)13)9-7-4-3-5-8-9/h1,3-5,7-8,10H,6H2. The number of hydrogen-bond donors (Lipinski definition) is 0. The van der Waals surface area contributed by atoms with Gasteiger partial charge in [0.1, 0.15) is 6.10 Å². The van der Waals surface area contributed by atoms with Crippen LogP contribution in [-0.2, 0) is 4.74 Å². The summed E-state index contributed by atoms with van der Waals surface area (Å²) in [6, 6.07) is 9.24. The zero-order valence-corrected chi connectivity index (χ0v) is 8.20. The minimum Gasteiger partial charge on any atom is -0.444 e. The van der Waals surface area contributed by atoms with Gasteiger partial charge in [0.05, 0.1) is 6.42 Å². The highest BCUT2D eigenvalue weighted by Crippen LogP contribution is 2.21. The average Bonchev–Trinajstić information content (AvgIpc) is 2.18. The largest absolute Gasteiger partial charge is 0.444 e. The molecule has 0 fully saturated rings. The lowest BCUT2D eigenvalue weighted by Crippen LogP contribution is -2.05. The summed E-state index contributed by atoms with van der Waals surface area (Å²) in [6.07, 6.45) is 5.03. The number of benzene rings is 1. The van der Waals surface area contributed by atoms with Crippen molar-refractivity contribution in [2.75, 3.05) is 0 Å². The first-order chi connectivity index (χ1) is 6.74. The molecule has 0 saturated carbocycles. The maximum atomic E-state index is 10.6. The fraction of sp³-hybridized carbons (Fsp3) is 0.182. The molecule has 0 aromatic heterocycles. The molecule has 0 aliphatic heterocycles. The summed E-state index contributed by atoms with van der Waals surface area (Å²) < 4.78 is 4.86. The van der Waals surface area contributed by atoms with Crippen LogP contribution in [0.25, 0.3) is 0 Å². The maximum absolute atomic E-state index is 10.6. The molecule has 1 atom stereocenters. The van der Waals surface area contributed by atoms with Crippen molar-refractivity contribution in [1.82, 2.24) is 0 Å². The normalized spacial score (nSPS) is 11.4. The van der Waals surface area contributed by atoms with Gasteiger partial charge in [-0.15, -0.1) is 12.3 Å². The second kappa shape index (κ2) is 5.31. The molecule has 72 valence electrons. The molecule has 0 aliphatic carbocycles. The zero-order chi connectivity index (χ0) is 10.4. The van der Waals surface area contributed by atoms with Crippen molar-refractivity contribution in [3.05, 3.63) is 35.9 Å². The second-order valence-corrected chi connectivity index (χ2v) is 2.97. The van der Waals surface area contributed by atoms with E-state index >= 15 is 0 Å². The Morgan fingerprint density at radius 2 is 2.14 bits per heavy atom. The predicted molar refractivity (Wildman–Crippen MR) is 55.0 cm³/mol. The topological polar surface area (TPSA) is 26.3 Å². The fourth-order valence-corrected chi connectivity index (χ4v) is 1.22. The summed E-state index contributed by atoms with van der Waals surface area (Å²) >= 11 is 5.13. The highest BCUT2D eigenvalue weighted by molar-refractivity contribution is 6.61. The highest BCUT2D eigenvalue weighted by Gasteiger charge is 2.13. The minimum absolute atomic E-state index is 0.322. The Hall–Kier alpha value is -1.46. The van der Waals surface area contributed by atoms with Crippen LogP contribution in [0.15, 0.2) is 30.3 Å². The van der Waals surface area contributed by atoms with Crippen LogP contribution in [0, 0.1) is 12.3 Å². The summed E-state index contributed by atoms with van der Waals surface area (Å²) in [6.45, 7) is 0. The van der Waals surface area contributed by atoms with Crippen LogP contribution >= 0.6 is 11.6 Å². The maximum Gasteiger partial charge on any atom is 0.404 e. The lowest BCUT2D eigenvalue weighted by molar-refractivity contribution is 0.124. The molecular formula is C11H9ClO2. The summed E-state index contributed by atoms with van der Waals surface area (Å²) in [5.41, 5.74) is 0.00792. The van der Waals surface area contributed by atoms with E-state index in [0.717, 1.165) is 5.56 Å². The van der Waals surface area contributed by atoms with Gasteiger partial charge in [-0.1, -0.05) is 30.3 Å². The third-order valence-corrected chi connectivity index (χ3v) is 1.80. The van der Waals surface area contributed by atoms with Crippen molar-refractivity contribution in [3.8, 4) is 12.3 Å². The molecule has 1 unspecified atom stereocenters. The van der Waals surface area contributed by atoms with E-state index in [0.29, 0.717) is 6.42 Å². The third kappa shape index (κ3) is 3.12. The number of carbonyl (C=O) groups is 1. The van der Waals surface area contributed by atoms with Gasteiger partial charge in [0.2, 0.25) is 0 Å². The summed E-state index contributed by atoms with van der Waals surface area (Å²) in [7, 11) is 0. The Kier molecular flexibility index (Phi) is 4.03. The van der Waals surface area contributed by atoms with Crippen molar-refractivity contribution < 1.29 is 9.53 Å². The molecule has 3 heteroatoms. The summed E-state index contributed by atoms with van der Waals surface area (Å²) in [5.74, 6) is 2.44. The minimum atomic E-state index is -0.839. The van der Waals surface area contributed by atoms with Gasteiger partial charge in [0.25, 0.3) is 0 Å². The number of halogens is 1. The summed E-state index contributed by atoms with van der Waals surface area (Å²) in [4.78, 5) is 10.6. The molecule has 14 heavy (non-hydrogen) atoms. The Balaban J connectivity index is 2.78. The number of rotatable bonds is 3. The van der Waals surface area contributed by atoms with E-state index in [2.05, 4.69) is 5.92 Å². The van der Waals surface area contributed by atoms with Crippen LogP contribution in [0.3, 0.4) is 0 Å². The van der Waals surface area contributed by atoms with E-state index in [1.807, 2.05) is 30.3 Å². The molecule has 0 bridgehead atoms. The molecule has 0 spiro atoms.